The zero-order valence-corrected chi connectivity index (χ0v) is 14.2. The third-order valence-corrected chi connectivity index (χ3v) is 6.74. The molecule has 0 amide bonds. The van der Waals surface area contributed by atoms with Crippen LogP contribution in [0.5, 0.6) is 0 Å². The van der Waals surface area contributed by atoms with E-state index in [1.165, 1.54) is 11.2 Å². The van der Waals surface area contributed by atoms with Crippen molar-refractivity contribution in [2.24, 2.45) is 0 Å². The quantitative estimate of drug-likeness (QED) is 0.838. The van der Waals surface area contributed by atoms with Crippen LogP contribution in [0.4, 0.5) is 5.69 Å². The maximum absolute atomic E-state index is 5.76. The molecule has 3 nitrogen and oxygen atoms in total. The van der Waals surface area contributed by atoms with Gasteiger partial charge in [0.1, 0.15) is 19.5 Å². The standard InChI is InChI=1S/C14H18BNO2Si2/c1-2-4-12(5-3-1)10-16-14-8-6-13(7-9-14)15-17-19-11-20-18-15/h1-9,16H,10-11,19-20H2. The Morgan fingerprint density at radius 2 is 1.65 bits per heavy atom. The molecular weight excluding hydrogens is 281 g/mol. The smallest absolute Gasteiger partial charge is 0.455 e. The molecule has 0 bridgehead atoms. The third-order valence-electron chi connectivity index (χ3n) is 3.35. The summed E-state index contributed by atoms with van der Waals surface area (Å²) in [7, 11) is -0.710. The molecule has 1 aliphatic rings. The number of anilines is 1. The Labute approximate surface area is 124 Å². The fraction of sp³-hybridized carbons (Fsp3) is 0.143. The van der Waals surface area contributed by atoms with Crippen LogP contribution in [0.1, 0.15) is 5.56 Å². The maximum atomic E-state index is 5.76. The zero-order chi connectivity index (χ0) is 13.6. The van der Waals surface area contributed by atoms with Crippen molar-refractivity contribution >= 4 is 37.8 Å². The molecule has 0 aliphatic carbocycles. The molecule has 1 aliphatic heterocycles. The highest BCUT2D eigenvalue weighted by atomic mass is 28.3. The fourth-order valence-corrected chi connectivity index (χ4v) is 5.24. The van der Waals surface area contributed by atoms with Crippen LogP contribution in [0.3, 0.4) is 0 Å². The SMILES string of the molecule is c1ccc(CNc2ccc(B3O[SiH2]C[SiH2]O3)cc2)cc1. The monoisotopic (exact) mass is 299 g/mol. The van der Waals surface area contributed by atoms with Crippen LogP contribution in [0.25, 0.3) is 0 Å². The van der Waals surface area contributed by atoms with E-state index in [-0.39, 0.29) is 26.6 Å². The van der Waals surface area contributed by atoms with E-state index in [0.29, 0.717) is 0 Å². The van der Waals surface area contributed by atoms with Gasteiger partial charge in [-0.15, -0.1) is 0 Å². The molecule has 1 heterocycles. The average Bonchev–Trinajstić information content (AvgIpc) is 2.55. The number of benzene rings is 2. The predicted molar refractivity (Wildman–Crippen MR) is 89.7 cm³/mol. The van der Waals surface area contributed by atoms with Gasteiger partial charge in [-0.2, -0.15) is 0 Å². The molecule has 0 radical (unpaired) electrons. The molecular formula is C14H18BNO2Si2. The minimum absolute atomic E-state index is 0.0785. The van der Waals surface area contributed by atoms with E-state index in [0.717, 1.165) is 17.7 Å². The van der Waals surface area contributed by atoms with Crippen molar-refractivity contribution in [1.82, 2.24) is 0 Å². The van der Waals surface area contributed by atoms with Crippen LogP contribution >= 0.6 is 0 Å². The van der Waals surface area contributed by atoms with Gasteiger partial charge in [-0.05, 0) is 28.8 Å². The van der Waals surface area contributed by atoms with Crippen molar-refractivity contribution < 1.29 is 8.69 Å². The Bertz CT molecular complexity index is 533. The highest BCUT2D eigenvalue weighted by Gasteiger charge is 2.23. The number of hydrogen-bond donors (Lipinski definition) is 1. The Morgan fingerprint density at radius 1 is 0.950 bits per heavy atom. The number of hydrogen-bond acceptors (Lipinski definition) is 3. The van der Waals surface area contributed by atoms with E-state index in [9.17, 15) is 0 Å². The number of nitrogens with one attached hydrogen (secondary N) is 1. The van der Waals surface area contributed by atoms with Gasteiger partial charge in [0.2, 0.25) is 0 Å². The Balaban J connectivity index is 1.58. The summed E-state index contributed by atoms with van der Waals surface area (Å²) in [6.45, 7) is 0.844. The normalized spacial score (nSPS) is 17.5. The topological polar surface area (TPSA) is 30.5 Å². The minimum atomic E-state index is -0.316. The number of rotatable bonds is 4. The van der Waals surface area contributed by atoms with Crippen LogP contribution in [0, 0.1) is 0 Å². The second-order valence-electron chi connectivity index (χ2n) is 4.89. The average molecular weight is 299 g/mol. The molecule has 2 aromatic rings. The van der Waals surface area contributed by atoms with Gasteiger partial charge in [0.05, 0.1) is 0 Å². The largest absolute Gasteiger partial charge is 0.471 e. The van der Waals surface area contributed by atoms with Gasteiger partial charge < -0.3 is 14.0 Å². The lowest BCUT2D eigenvalue weighted by Gasteiger charge is -2.20. The van der Waals surface area contributed by atoms with Gasteiger partial charge in [0.25, 0.3) is 0 Å². The molecule has 0 atom stereocenters. The van der Waals surface area contributed by atoms with Crippen molar-refractivity contribution in [2.75, 3.05) is 5.32 Å². The van der Waals surface area contributed by atoms with Gasteiger partial charge in [0, 0.05) is 12.2 Å². The molecule has 1 fully saturated rings. The molecule has 20 heavy (non-hydrogen) atoms. The molecule has 2 aromatic carbocycles. The van der Waals surface area contributed by atoms with E-state index < -0.39 is 0 Å². The molecule has 0 unspecified atom stereocenters. The zero-order valence-electron chi connectivity index (χ0n) is 11.4. The molecule has 0 spiro atoms. The highest BCUT2D eigenvalue weighted by Crippen LogP contribution is 2.09. The summed E-state index contributed by atoms with van der Waals surface area (Å²) in [5, 5.41) is 3.43. The van der Waals surface area contributed by atoms with Gasteiger partial charge >= 0.3 is 7.12 Å². The van der Waals surface area contributed by atoms with Crippen LogP contribution in [-0.2, 0) is 15.2 Å². The van der Waals surface area contributed by atoms with Gasteiger partial charge in [0.15, 0.2) is 0 Å². The van der Waals surface area contributed by atoms with Gasteiger partial charge in [-0.3, -0.25) is 0 Å². The molecule has 3 rings (SSSR count). The van der Waals surface area contributed by atoms with Crippen molar-refractivity contribution in [3.8, 4) is 0 Å². The Kier molecular flexibility index (Phi) is 4.70. The molecule has 1 N–H and O–H groups in total. The minimum Gasteiger partial charge on any atom is -0.455 e. The molecule has 102 valence electrons. The van der Waals surface area contributed by atoms with E-state index >= 15 is 0 Å². The van der Waals surface area contributed by atoms with Crippen LogP contribution < -0.4 is 10.8 Å². The summed E-state index contributed by atoms with van der Waals surface area (Å²) in [5.74, 6) is 0. The first-order chi connectivity index (χ1) is 9.92. The van der Waals surface area contributed by atoms with E-state index in [1.54, 1.807) is 0 Å². The fourth-order valence-electron chi connectivity index (χ4n) is 2.24. The second-order valence-corrected chi connectivity index (χ2v) is 9.20. The van der Waals surface area contributed by atoms with Crippen LogP contribution in [0.2, 0.25) is 5.67 Å². The van der Waals surface area contributed by atoms with E-state index in [2.05, 4.69) is 53.8 Å². The summed E-state index contributed by atoms with van der Waals surface area (Å²) in [5.41, 5.74) is 4.82. The first kappa shape index (κ1) is 13.6. The van der Waals surface area contributed by atoms with Crippen LogP contribution in [-0.4, -0.2) is 26.6 Å². The first-order valence-electron chi connectivity index (χ1n) is 7.03. The Hall–Kier alpha value is -1.34. The summed E-state index contributed by atoms with van der Waals surface area (Å²) in [4.78, 5) is 0. The van der Waals surface area contributed by atoms with E-state index in [4.69, 9.17) is 8.69 Å². The first-order valence-corrected chi connectivity index (χ1v) is 10.2. The van der Waals surface area contributed by atoms with Gasteiger partial charge in [-0.25, -0.2) is 0 Å². The second kappa shape index (κ2) is 6.90. The Morgan fingerprint density at radius 3 is 2.35 bits per heavy atom. The lowest BCUT2D eigenvalue weighted by molar-refractivity contribution is 0.457. The lowest BCUT2D eigenvalue weighted by atomic mass is 9.80. The van der Waals surface area contributed by atoms with Crippen LogP contribution in [0.15, 0.2) is 54.6 Å². The summed E-state index contributed by atoms with van der Waals surface area (Å²) >= 11 is 0. The molecule has 0 aromatic heterocycles. The van der Waals surface area contributed by atoms with Crippen molar-refractivity contribution in [3.63, 3.8) is 0 Å². The van der Waals surface area contributed by atoms with Crippen molar-refractivity contribution in [2.45, 2.75) is 12.2 Å². The van der Waals surface area contributed by atoms with Crippen molar-refractivity contribution in [1.29, 1.82) is 0 Å². The molecule has 1 saturated heterocycles. The summed E-state index contributed by atoms with van der Waals surface area (Å²) in [6.07, 6.45) is 0. The maximum Gasteiger partial charge on any atom is 0.471 e. The molecule has 0 saturated carbocycles. The summed E-state index contributed by atoms with van der Waals surface area (Å²) < 4.78 is 11.5. The van der Waals surface area contributed by atoms with Gasteiger partial charge in [-0.1, -0.05) is 42.5 Å². The predicted octanol–water partition coefficient (Wildman–Crippen LogP) is 0.584. The lowest BCUT2D eigenvalue weighted by Crippen LogP contribution is -2.42. The molecule has 6 heteroatoms. The summed E-state index contributed by atoms with van der Waals surface area (Å²) in [6, 6.07) is 18.8. The third kappa shape index (κ3) is 3.61. The highest BCUT2D eigenvalue weighted by molar-refractivity contribution is 6.75. The van der Waals surface area contributed by atoms with E-state index in [1.807, 2.05) is 6.07 Å². The van der Waals surface area contributed by atoms with Crippen molar-refractivity contribution in [3.05, 3.63) is 60.2 Å².